The van der Waals surface area contributed by atoms with Crippen LogP contribution in [0.25, 0.3) is 0 Å². The van der Waals surface area contributed by atoms with E-state index in [1.807, 2.05) is 7.05 Å². The molecule has 16 nitrogen and oxygen atoms in total. The van der Waals surface area contributed by atoms with Crippen LogP contribution < -0.4 is 16.4 Å². The Labute approximate surface area is 252 Å². The average molecular weight is 647 g/mol. The summed E-state index contributed by atoms with van der Waals surface area (Å²) in [5.74, 6) is -5.72. The number of thiazole rings is 1. The van der Waals surface area contributed by atoms with Gasteiger partial charge in [-0.05, 0) is 7.05 Å². The number of β-lactam (4-membered cyclic amide) rings is 1. The van der Waals surface area contributed by atoms with Gasteiger partial charge in [0.05, 0.1) is 26.1 Å². The third kappa shape index (κ3) is 6.46. The van der Waals surface area contributed by atoms with E-state index in [9.17, 15) is 34.2 Å². The zero-order chi connectivity index (χ0) is 30.8. The summed E-state index contributed by atoms with van der Waals surface area (Å²) in [4.78, 5) is 71.2. The molecule has 1 aromatic heterocycles. The van der Waals surface area contributed by atoms with Gasteiger partial charge in [0, 0.05) is 24.3 Å². The Morgan fingerprint density at radius 2 is 2.00 bits per heavy atom. The van der Waals surface area contributed by atoms with Crippen molar-refractivity contribution in [3.63, 3.8) is 0 Å². The summed E-state index contributed by atoms with van der Waals surface area (Å²) in [6.45, 7) is 3.94. The lowest BCUT2D eigenvalue weighted by molar-refractivity contribution is -0.958. The van der Waals surface area contributed by atoms with Crippen LogP contribution in [0.4, 0.5) is 5.13 Å². The van der Waals surface area contributed by atoms with E-state index in [2.05, 4.69) is 20.8 Å². The molecule has 4 heterocycles. The number of aromatic nitrogens is 1. The number of nitrogen functional groups attached to an aromatic ring is 1. The predicted molar refractivity (Wildman–Crippen MR) is 151 cm³/mol. The number of hydrogen-bond acceptors (Lipinski definition) is 12. The molecule has 2 saturated heterocycles. The van der Waals surface area contributed by atoms with Gasteiger partial charge < -0.3 is 41.0 Å². The van der Waals surface area contributed by atoms with E-state index >= 15 is 0 Å². The summed E-state index contributed by atoms with van der Waals surface area (Å²) in [6, 6.07) is -1.15. The van der Waals surface area contributed by atoms with E-state index in [0.29, 0.717) is 17.9 Å². The monoisotopic (exact) mass is 646 g/mol. The highest BCUT2D eigenvalue weighted by atomic mass is 35.5. The summed E-state index contributed by atoms with van der Waals surface area (Å²) in [5, 5.41) is 36.6. The number of nitrogens with one attached hydrogen (secondary N) is 2. The van der Waals surface area contributed by atoms with E-state index in [1.54, 1.807) is 0 Å². The van der Waals surface area contributed by atoms with Crippen LogP contribution >= 0.6 is 34.7 Å². The second-order valence-corrected chi connectivity index (χ2v) is 12.6. The number of hydrogen-bond donors (Lipinski definition) is 6. The van der Waals surface area contributed by atoms with Gasteiger partial charge >= 0.3 is 17.9 Å². The molecule has 42 heavy (non-hydrogen) atoms. The van der Waals surface area contributed by atoms with E-state index in [-0.39, 0.29) is 20.9 Å². The minimum Gasteiger partial charge on any atom is -0.481 e. The Balaban J connectivity index is 1.55. The molecule has 2 fully saturated rings. The standard InChI is InChI=1S/C23H28ClN7O9S2/c1-26-3-6-31(4-2-5-31)8-10-9-41-20-15(19(35)30(20)16(10)22(38)39)27-18(34)14(13-17(24)42-23(25)28-13)29-40-11(21(36)37)7-12(32)33/h11,15,20,26H,2-9H2,1H3,(H5-,25,27,28,32,33,34,36,37,38,39)/p+1/b29-14-/t11-,15?,20?/m0/s1. The molecule has 0 aliphatic carbocycles. The minimum atomic E-state index is -1.94. The number of nitrogens with two attached hydrogens (primary N) is 1. The lowest BCUT2D eigenvalue weighted by Crippen LogP contribution is -2.71. The molecule has 4 rings (SSSR count). The maximum atomic E-state index is 13.3. The van der Waals surface area contributed by atoms with Crippen molar-refractivity contribution < 1.29 is 48.6 Å². The molecule has 19 heteroatoms. The van der Waals surface area contributed by atoms with E-state index < -0.39 is 59.4 Å². The topological polar surface area (TPSA) is 234 Å². The largest absolute Gasteiger partial charge is 0.481 e. The highest BCUT2D eigenvalue weighted by Gasteiger charge is 2.55. The van der Waals surface area contributed by atoms with Crippen molar-refractivity contribution >= 4 is 75.3 Å². The van der Waals surface area contributed by atoms with Crippen LogP contribution in [0.1, 0.15) is 18.5 Å². The van der Waals surface area contributed by atoms with Crippen molar-refractivity contribution in [1.29, 1.82) is 0 Å². The normalized spacial score (nSPS) is 22.0. The first-order chi connectivity index (χ1) is 19.9. The third-order valence-electron chi connectivity index (χ3n) is 7.11. The van der Waals surface area contributed by atoms with Crippen LogP contribution in [0.15, 0.2) is 16.4 Å². The lowest BCUT2D eigenvalue weighted by atomic mass is 10.00. The highest BCUT2D eigenvalue weighted by molar-refractivity contribution is 8.00. The molecule has 3 atom stereocenters. The van der Waals surface area contributed by atoms with Gasteiger partial charge in [0.15, 0.2) is 10.8 Å². The molecule has 0 saturated carbocycles. The molecular weight excluding hydrogens is 618 g/mol. The molecule has 228 valence electrons. The fraction of sp³-hybridized carbons (Fsp3) is 0.522. The van der Waals surface area contributed by atoms with Crippen molar-refractivity contribution in [3.8, 4) is 0 Å². The highest BCUT2D eigenvalue weighted by Crippen LogP contribution is 2.41. The second kappa shape index (κ2) is 12.8. The Kier molecular flexibility index (Phi) is 9.61. The Bertz CT molecular complexity index is 1360. The van der Waals surface area contributed by atoms with Crippen LogP contribution in [0.3, 0.4) is 0 Å². The zero-order valence-corrected chi connectivity index (χ0v) is 24.6. The van der Waals surface area contributed by atoms with Crippen LogP contribution in [-0.2, 0) is 28.8 Å². The van der Waals surface area contributed by atoms with Crippen molar-refractivity contribution in [1.82, 2.24) is 20.5 Å². The number of carbonyl (C=O) groups is 5. The summed E-state index contributed by atoms with van der Waals surface area (Å²) >= 11 is 8.24. The Morgan fingerprint density at radius 3 is 2.52 bits per heavy atom. The quantitative estimate of drug-likeness (QED) is 0.0630. The van der Waals surface area contributed by atoms with Gasteiger partial charge in [0.1, 0.15) is 33.7 Å². The van der Waals surface area contributed by atoms with E-state index in [0.717, 1.165) is 48.4 Å². The van der Waals surface area contributed by atoms with E-state index in [4.69, 9.17) is 27.3 Å². The number of likely N-dealkylation sites (N-methyl/N-ethyl adjacent to an activating group) is 1. The fourth-order valence-corrected chi connectivity index (χ4v) is 7.20. The molecule has 2 amide bonds. The first-order valence-electron chi connectivity index (χ1n) is 12.7. The number of thioether (sulfide) groups is 1. The number of halogens is 1. The zero-order valence-electron chi connectivity index (χ0n) is 22.2. The Hall–Kier alpha value is -3.45. The number of fused-ring (bicyclic) bond motifs is 1. The van der Waals surface area contributed by atoms with Gasteiger partial charge in [-0.2, -0.15) is 0 Å². The second-order valence-electron chi connectivity index (χ2n) is 9.89. The van der Waals surface area contributed by atoms with Gasteiger partial charge in [-0.3, -0.25) is 19.3 Å². The van der Waals surface area contributed by atoms with E-state index in [1.165, 1.54) is 16.7 Å². The third-order valence-corrected chi connectivity index (χ3v) is 9.54. The first-order valence-corrected chi connectivity index (χ1v) is 14.9. The summed E-state index contributed by atoms with van der Waals surface area (Å²) in [7, 11) is 1.85. The van der Waals surface area contributed by atoms with Gasteiger partial charge in [-0.25, -0.2) is 14.6 Å². The van der Waals surface area contributed by atoms with Gasteiger partial charge in [0.25, 0.3) is 11.8 Å². The molecule has 0 spiro atoms. The van der Waals surface area contributed by atoms with Crippen molar-refractivity contribution in [2.24, 2.45) is 5.16 Å². The van der Waals surface area contributed by atoms with Crippen LogP contribution in [0.2, 0.25) is 4.34 Å². The number of carbonyl (C=O) groups excluding carboxylic acids is 2. The molecule has 0 radical (unpaired) electrons. The number of likely N-dealkylation sites (tertiary alicyclic amines) is 1. The van der Waals surface area contributed by atoms with Gasteiger partial charge in [0.2, 0.25) is 6.10 Å². The summed E-state index contributed by atoms with van der Waals surface area (Å²) in [6.07, 6.45) is -1.86. The smallest absolute Gasteiger partial charge is 0.352 e. The van der Waals surface area contributed by atoms with Crippen LogP contribution in [-0.4, -0.2) is 128 Å². The number of nitrogens with zero attached hydrogens (tertiary/aromatic N) is 4. The maximum absolute atomic E-state index is 13.3. The predicted octanol–water partition coefficient (Wildman–Crippen LogP) is -0.794. The molecule has 3 aliphatic rings. The lowest BCUT2D eigenvalue weighted by Gasteiger charge is -2.51. The molecular formula is C23H29ClN7O9S2+. The number of aliphatic carboxylic acids is 3. The van der Waals surface area contributed by atoms with Crippen molar-refractivity contribution in [2.75, 3.05) is 51.3 Å². The van der Waals surface area contributed by atoms with Crippen molar-refractivity contribution in [2.45, 2.75) is 30.4 Å². The molecule has 7 N–H and O–H groups in total. The number of rotatable bonds is 14. The van der Waals surface area contributed by atoms with Crippen LogP contribution in [0, 0.1) is 0 Å². The number of anilines is 1. The number of amides is 2. The first kappa shape index (κ1) is 31.5. The molecule has 0 bridgehead atoms. The Morgan fingerprint density at radius 1 is 1.29 bits per heavy atom. The fourth-order valence-electron chi connectivity index (χ4n) is 4.93. The minimum absolute atomic E-state index is 0.0503. The number of carboxylic acid groups (broad SMARTS) is 3. The molecule has 0 aromatic carbocycles. The van der Waals surface area contributed by atoms with Gasteiger partial charge in [-0.15, -0.1) is 11.8 Å². The van der Waals surface area contributed by atoms with Gasteiger partial charge in [-0.1, -0.05) is 28.1 Å². The van der Waals surface area contributed by atoms with Crippen LogP contribution in [0.5, 0.6) is 0 Å². The number of oxime groups is 1. The molecule has 1 aromatic rings. The van der Waals surface area contributed by atoms with Crippen molar-refractivity contribution in [3.05, 3.63) is 21.3 Å². The average Bonchev–Trinajstić information content (AvgIpc) is 3.24. The summed E-state index contributed by atoms with van der Waals surface area (Å²) < 4.78 is 0.641. The summed E-state index contributed by atoms with van der Waals surface area (Å²) in [5.41, 5.74) is 5.32. The maximum Gasteiger partial charge on any atom is 0.352 e. The SMILES string of the molecule is CNCC[N+]1(CC2=C(C(=O)O)N3C(=O)C(NC(=O)/C(=N\O[C@@H](CC(=O)O)C(=O)O)c4nc(N)sc4Cl)C3SC2)CCC1. The molecule has 2 unspecified atom stereocenters. The number of quaternary nitrogens is 1. The number of carboxylic acids is 3. The molecule has 3 aliphatic heterocycles.